The molecule has 78 valence electrons. The first kappa shape index (κ1) is 9.05. The fourth-order valence-corrected chi connectivity index (χ4v) is 2.00. The molecule has 1 atom stereocenters. The van der Waals surface area contributed by atoms with Crippen LogP contribution < -0.4 is 4.74 Å². The van der Waals surface area contributed by atoms with Crippen molar-refractivity contribution >= 4 is 0 Å². The number of hydrogen-bond donors (Lipinski definition) is 0. The molecular weight excluding hydrogens is 202 g/mol. The third-order valence-corrected chi connectivity index (χ3v) is 2.77. The van der Waals surface area contributed by atoms with Crippen molar-refractivity contribution in [1.29, 1.82) is 5.26 Å². The van der Waals surface area contributed by atoms with E-state index < -0.39 is 0 Å². The van der Waals surface area contributed by atoms with E-state index in [1.165, 1.54) is 0 Å². The molecule has 2 heterocycles. The molecule has 3 nitrogen and oxygen atoms in total. The van der Waals surface area contributed by atoms with Crippen LogP contribution in [0, 0.1) is 11.3 Å². The van der Waals surface area contributed by atoms with Crippen LogP contribution in [-0.4, -0.2) is 0 Å². The first-order valence-electron chi connectivity index (χ1n) is 5.10. The zero-order valence-corrected chi connectivity index (χ0v) is 8.51. The van der Waals surface area contributed by atoms with E-state index in [1.54, 1.807) is 6.26 Å². The number of furan rings is 1. The molecule has 0 fully saturated rings. The van der Waals surface area contributed by atoms with Crippen LogP contribution >= 0.6 is 0 Å². The van der Waals surface area contributed by atoms with Crippen LogP contribution in [0.25, 0.3) is 0 Å². The second-order valence-corrected chi connectivity index (χ2v) is 3.72. The number of benzene rings is 1. The molecule has 0 aliphatic carbocycles. The van der Waals surface area contributed by atoms with E-state index in [1.807, 2.05) is 30.3 Å². The molecule has 0 saturated carbocycles. The minimum atomic E-state index is -0.0977. The lowest BCUT2D eigenvalue weighted by Gasteiger charge is -2.06. The molecule has 1 unspecified atom stereocenters. The molecule has 0 amide bonds. The first-order valence-corrected chi connectivity index (χ1v) is 5.10. The molecule has 0 bridgehead atoms. The maximum Gasteiger partial charge on any atom is 0.160 e. The first-order chi connectivity index (χ1) is 7.88. The molecule has 3 heteroatoms. The summed E-state index contributed by atoms with van der Waals surface area (Å²) >= 11 is 0. The van der Waals surface area contributed by atoms with E-state index in [0.717, 1.165) is 17.1 Å². The highest BCUT2D eigenvalue weighted by molar-refractivity contribution is 5.49. The topological polar surface area (TPSA) is 46.2 Å². The van der Waals surface area contributed by atoms with Crippen LogP contribution in [0.2, 0.25) is 0 Å². The Labute approximate surface area is 92.9 Å². The molecule has 3 rings (SSSR count). The Balaban J connectivity index is 1.98. The average Bonchev–Trinajstić information content (AvgIpc) is 2.96. The van der Waals surface area contributed by atoms with Crippen molar-refractivity contribution in [2.24, 2.45) is 0 Å². The van der Waals surface area contributed by atoms with Gasteiger partial charge in [-0.15, -0.1) is 0 Å². The van der Waals surface area contributed by atoms with E-state index in [2.05, 4.69) is 6.07 Å². The number of fused-ring (bicyclic) bond motifs is 1. The van der Waals surface area contributed by atoms with Crippen molar-refractivity contribution in [3.05, 3.63) is 53.5 Å². The molecule has 0 N–H and O–H groups in total. The van der Waals surface area contributed by atoms with Gasteiger partial charge in [0, 0.05) is 12.0 Å². The summed E-state index contributed by atoms with van der Waals surface area (Å²) in [5, 5.41) is 8.99. The summed E-state index contributed by atoms with van der Waals surface area (Å²) in [6.07, 6.45) is 2.24. The fraction of sp³-hybridized carbons (Fsp3) is 0.154. The summed E-state index contributed by atoms with van der Waals surface area (Å²) < 4.78 is 11.1. The number of nitrogens with zero attached hydrogens (tertiary/aromatic N) is 1. The average molecular weight is 211 g/mol. The Morgan fingerprint density at radius 3 is 2.94 bits per heavy atom. The van der Waals surface area contributed by atoms with Crippen LogP contribution in [0.1, 0.15) is 23.0 Å². The van der Waals surface area contributed by atoms with Crippen LogP contribution in [0.4, 0.5) is 0 Å². The molecule has 16 heavy (non-hydrogen) atoms. The van der Waals surface area contributed by atoms with E-state index >= 15 is 0 Å². The highest BCUT2D eigenvalue weighted by atomic mass is 16.5. The van der Waals surface area contributed by atoms with Crippen LogP contribution in [0.15, 0.2) is 41.0 Å². The smallest absolute Gasteiger partial charge is 0.160 e. The highest BCUT2D eigenvalue weighted by Crippen LogP contribution is 2.38. The predicted octanol–water partition coefficient (Wildman–Crippen LogP) is 2.83. The Kier molecular flexibility index (Phi) is 1.94. The zero-order chi connectivity index (χ0) is 11.0. The summed E-state index contributed by atoms with van der Waals surface area (Å²) in [6, 6.07) is 11.4. The molecule has 2 aromatic rings. The van der Waals surface area contributed by atoms with Gasteiger partial charge < -0.3 is 9.15 Å². The molecule has 1 aromatic carbocycles. The maximum atomic E-state index is 8.99. The third-order valence-electron chi connectivity index (χ3n) is 2.77. The van der Waals surface area contributed by atoms with E-state index in [0.29, 0.717) is 12.0 Å². The van der Waals surface area contributed by atoms with Gasteiger partial charge in [0.1, 0.15) is 11.5 Å². The van der Waals surface area contributed by atoms with Crippen molar-refractivity contribution in [1.82, 2.24) is 0 Å². The fourth-order valence-electron chi connectivity index (χ4n) is 2.00. The van der Waals surface area contributed by atoms with Gasteiger partial charge in [-0.05, 0) is 24.3 Å². The van der Waals surface area contributed by atoms with Crippen molar-refractivity contribution in [3.63, 3.8) is 0 Å². The largest absolute Gasteiger partial charge is 0.482 e. The van der Waals surface area contributed by atoms with Gasteiger partial charge in [-0.25, -0.2) is 0 Å². The molecule has 1 aliphatic heterocycles. The van der Waals surface area contributed by atoms with Gasteiger partial charge in [0.2, 0.25) is 0 Å². The summed E-state index contributed by atoms with van der Waals surface area (Å²) in [5.41, 5.74) is 1.66. The van der Waals surface area contributed by atoms with Crippen LogP contribution in [-0.2, 0) is 6.42 Å². The summed E-state index contributed by atoms with van der Waals surface area (Å²) in [6.45, 7) is 0. The molecule has 1 aliphatic rings. The summed E-state index contributed by atoms with van der Waals surface area (Å²) in [5.74, 6) is 1.60. The standard InChI is InChI=1S/C13H9NO2/c14-8-9-3-1-4-11-10(9)7-13(16-11)12-5-2-6-15-12/h1-6,13H,7H2. The van der Waals surface area contributed by atoms with Gasteiger partial charge in [-0.3, -0.25) is 0 Å². The van der Waals surface area contributed by atoms with Gasteiger partial charge >= 0.3 is 0 Å². The molecule has 1 aromatic heterocycles. The zero-order valence-electron chi connectivity index (χ0n) is 8.51. The van der Waals surface area contributed by atoms with E-state index in [4.69, 9.17) is 14.4 Å². The normalized spacial score (nSPS) is 17.6. The maximum absolute atomic E-state index is 8.99. The second kappa shape index (κ2) is 3.42. The molecule has 0 radical (unpaired) electrons. The van der Waals surface area contributed by atoms with E-state index in [9.17, 15) is 0 Å². The molecule has 0 spiro atoms. The van der Waals surface area contributed by atoms with E-state index in [-0.39, 0.29) is 6.10 Å². The third kappa shape index (κ3) is 1.28. The van der Waals surface area contributed by atoms with Crippen LogP contribution in [0.3, 0.4) is 0 Å². The summed E-state index contributed by atoms with van der Waals surface area (Å²) in [7, 11) is 0. The monoisotopic (exact) mass is 211 g/mol. The molecule has 0 saturated heterocycles. The number of rotatable bonds is 1. The van der Waals surface area contributed by atoms with Gasteiger partial charge in [0.05, 0.1) is 17.9 Å². The Morgan fingerprint density at radius 1 is 1.25 bits per heavy atom. The Morgan fingerprint density at radius 2 is 2.19 bits per heavy atom. The lowest BCUT2D eigenvalue weighted by Crippen LogP contribution is -2.01. The van der Waals surface area contributed by atoms with Gasteiger partial charge in [0.15, 0.2) is 6.10 Å². The highest BCUT2D eigenvalue weighted by Gasteiger charge is 2.28. The number of ether oxygens (including phenoxy) is 1. The Bertz CT molecular complexity index is 552. The quantitative estimate of drug-likeness (QED) is 0.728. The second-order valence-electron chi connectivity index (χ2n) is 3.72. The minimum Gasteiger partial charge on any atom is -0.482 e. The van der Waals surface area contributed by atoms with Gasteiger partial charge in [0.25, 0.3) is 0 Å². The van der Waals surface area contributed by atoms with Crippen LogP contribution in [0.5, 0.6) is 5.75 Å². The van der Waals surface area contributed by atoms with Crippen molar-refractivity contribution < 1.29 is 9.15 Å². The van der Waals surface area contributed by atoms with Gasteiger partial charge in [-0.2, -0.15) is 5.26 Å². The van der Waals surface area contributed by atoms with Crippen molar-refractivity contribution in [2.75, 3.05) is 0 Å². The predicted molar refractivity (Wildman–Crippen MR) is 56.9 cm³/mol. The van der Waals surface area contributed by atoms with Gasteiger partial charge in [-0.1, -0.05) is 6.07 Å². The number of nitriles is 1. The lowest BCUT2D eigenvalue weighted by molar-refractivity contribution is 0.205. The molecular formula is C13H9NO2. The minimum absolute atomic E-state index is 0.0977. The number of hydrogen-bond acceptors (Lipinski definition) is 3. The van der Waals surface area contributed by atoms with Crippen molar-refractivity contribution in [3.8, 4) is 11.8 Å². The SMILES string of the molecule is N#Cc1cccc2c1CC(c1ccco1)O2. The Hall–Kier alpha value is -2.21. The summed E-state index contributed by atoms with van der Waals surface area (Å²) in [4.78, 5) is 0. The lowest BCUT2D eigenvalue weighted by atomic mass is 10.0. The van der Waals surface area contributed by atoms with Crippen molar-refractivity contribution in [2.45, 2.75) is 12.5 Å².